The Morgan fingerprint density at radius 2 is 1.89 bits per heavy atom. The van der Waals surface area contributed by atoms with E-state index in [0.29, 0.717) is 12.5 Å². The van der Waals surface area contributed by atoms with Gasteiger partial charge in [-0.05, 0) is 35.8 Å². The lowest BCUT2D eigenvalue weighted by Gasteiger charge is -2.29. The van der Waals surface area contributed by atoms with Gasteiger partial charge in [0.25, 0.3) is 0 Å². The molecule has 1 aromatic rings. The first kappa shape index (κ1) is 15.2. The molecule has 0 aliphatic heterocycles. The van der Waals surface area contributed by atoms with Crippen molar-refractivity contribution in [1.82, 2.24) is 0 Å². The Labute approximate surface area is 116 Å². The number of thiol groups is 1. The zero-order chi connectivity index (χ0) is 13.8. The average molecular weight is 268 g/mol. The molecule has 0 aromatic heterocycles. The highest BCUT2D eigenvalue weighted by molar-refractivity contribution is 7.80. The molecule has 1 aromatic carbocycles. The molecule has 3 heteroatoms. The molecule has 0 amide bonds. The quantitative estimate of drug-likeness (QED) is 0.814. The predicted octanol–water partition coefficient (Wildman–Crippen LogP) is 3.97. The van der Waals surface area contributed by atoms with Gasteiger partial charge >= 0.3 is 0 Å². The number of hydrogen-bond acceptors (Lipinski definition) is 3. The normalized spacial score (nSPS) is 13.2. The molecule has 18 heavy (non-hydrogen) atoms. The summed E-state index contributed by atoms with van der Waals surface area (Å²) < 4.78 is 11.2. The van der Waals surface area contributed by atoms with Crippen molar-refractivity contribution >= 4 is 12.6 Å². The maximum Gasteiger partial charge on any atom is 0.161 e. The van der Waals surface area contributed by atoms with Gasteiger partial charge in [0.1, 0.15) is 0 Å². The van der Waals surface area contributed by atoms with Crippen LogP contribution in [-0.2, 0) is 0 Å². The van der Waals surface area contributed by atoms with Crippen molar-refractivity contribution in [2.75, 3.05) is 19.5 Å². The van der Waals surface area contributed by atoms with E-state index in [1.54, 1.807) is 7.11 Å². The van der Waals surface area contributed by atoms with Crippen molar-refractivity contribution in [3.63, 3.8) is 0 Å². The first-order chi connectivity index (χ1) is 8.38. The molecule has 0 N–H and O–H groups in total. The monoisotopic (exact) mass is 268 g/mol. The lowest BCUT2D eigenvalue weighted by molar-refractivity contribution is 0.161. The van der Waals surface area contributed by atoms with Gasteiger partial charge in [0.05, 0.1) is 13.7 Å². The molecule has 0 aliphatic carbocycles. The van der Waals surface area contributed by atoms with Crippen LogP contribution < -0.4 is 9.47 Å². The highest BCUT2D eigenvalue weighted by atomic mass is 32.1. The highest BCUT2D eigenvalue weighted by Gasteiger charge is 2.24. The largest absolute Gasteiger partial charge is 0.493 e. The second-order valence-corrected chi connectivity index (χ2v) is 6.08. The average Bonchev–Trinajstić information content (AvgIpc) is 2.29. The van der Waals surface area contributed by atoms with Crippen LogP contribution in [0.3, 0.4) is 0 Å². The van der Waals surface area contributed by atoms with Crippen LogP contribution in [0.2, 0.25) is 0 Å². The molecule has 2 nitrogen and oxygen atoms in total. The Morgan fingerprint density at radius 3 is 2.39 bits per heavy atom. The molecule has 0 saturated carbocycles. The van der Waals surface area contributed by atoms with E-state index < -0.39 is 0 Å². The molecular weight excluding hydrogens is 244 g/mol. The Balaban J connectivity index is 2.73. The highest BCUT2D eigenvalue weighted by Crippen LogP contribution is 2.31. The third-order valence-electron chi connectivity index (χ3n) is 3.20. The lowest BCUT2D eigenvalue weighted by atomic mass is 9.82. The van der Waals surface area contributed by atoms with Crippen LogP contribution in [0.15, 0.2) is 18.2 Å². The van der Waals surface area contributed by atoms with Crippen molar-refractivity contribution in [1.29, 1.82) is 0 Å². The molecule has 1 atom stereocenters. The molecule has 102 valence electrons. The van der Waals surface area contributed by atoms with Gasteiger partial charge in [0, 0.05) is 5.92 Å². The van der Waals surface area contributed by atoms with E-state index in [1.165, 1.54) is 5.56 Å². The third-order valence-corrected chi connectivity index (χ3v) is 3.65. The fraction of sp³-hybridized carbons (Fsp3) is 0.600. The molecule has 0 fully saturated rings. The zero-order valence-corrected chi connectivity index (χ0v) is 12.9. The minimum absolute atomic E-state index is 0.194. The maximum atomic E-state index is 5.89. The minimum Gasteiger partial charge on any atom is -0.493 e. The second-order valence-electron chi connectivity index (χ2n) is 5.71. The van der Waals surface area contributed by atoms with Crippen molar-refractivity contribution < 1.29 is 9.47 Å². The summed E-state index contributed by atoms with van der Waals surface area (Å²) in [4.78, 5) is 0. The van der Waals surface area contributed by atoms with Gasteiger partial charge in [-0.2, -0.15) is 12.6 Å². The molecule has 0 aliphatic rings. The van der Waals surface area contributed by atoms with E-state index in [0.717, 1.165) is 17.3 Å². The van der Waals surface area contributed by atoms with Crippen molar-refractivity contribution in [3.05, 3.63) is 23.8 Å². The van der Waals surface area contributed by atoms with Crippen LogP contribution in [0, 0.1) is 18.3 Å². The van der Waals surface area contributed by atoms with Crippen LogP contribution in [0.1, 0.15) is 26.3 Å². The van der Waals surface area contributed by atoms with Crippen molar-refractivity contribution in [2.24, 2.45) is 11.3 Å². The number of rotatable bonds is 5. The standard InChI is InChI=1S/C15H24O2S/c1-11-6-7-13(14(8-11)16-5)17-9-12(10-18)15(2,3)4/h6-8,12,18H,9-10H2,1-5H3. The molecule has 1 unspecified atom stereocenters. The van der Waals surface area contributed by atoms with E-state index in [-0.39, 0.29) is 5.41 Å². The summed E-state index contributed by atoms with van der Waals surface area (Å²) in [7, 11) is 1.67. The van der Waals surface area contributed by atoms with Gasteiger partial charge in [-0.15, -0.1) is 0 Å². The minimum atomic E-state index is 0.194. The fourth-order valence-corrected chi connectivity index (χ4v) is 2.31. The van der Waals surface area contributed by atoms with Crippen molar-refractivity contribution in [2.45, 2.75) is 27.7 Å². The summed E-state index contributed by atoms with van der Waals surface area (Å²) in [6, 6.07) is 5.99. The Bertz CT molecular complexity index is 383. The lowest BCUT2D eigenvalue weighted by Crippen LogP contribution is -2.28. The summed E-state index contributed by atoms with van der Waals surface area (Å²) in [6.45, 7) is 9.33. The van der Waals surface area contributed by atoms with Gasteiger partial charge in [-0.1, -0.05) is 26.8 Å². The van der Waals surface area contributed by atoms with Crippen molar-refractivity contribution in [3.8, 4) is 11.5 Å². The SMILES string of the molecule is COc1cc(C)ccc1OCC(CS)C(C)(C)C. The summed E-state index contributed by atoms with van der Waals surface area (Å²) in [6.07, 6.45) is 0. The van der Waals surface area contributed by atoms with E-state index in [4.69, 9.17) is 9.47 Å². The van der Waals surface area contributed by atoms with E-state index in [9.17, 15) is 0 Å². The van der Waals surface area contributed by atoms with Crippen LogP contribution >= 0.6 is 12.6 Å². The molecule has 0 heterocycles. The molecular formula is C15H24O2S. The van der Waals surface area contributed by atoms with E-state index >= 15 is 0 Å². The van der Waals surface area contributed by atoms with Crippen LogP contribution in [0.25, 0.3) is 0 Å². The third kappa shape index (κ3) is 4.13. The smallest absolute Gasteiger partial charge is 0.161 e. The summed E-state index contributed by atoms with van der Waals surface area (Å²) in [5, 5.41) is 0. The van der Waals surface area contributed by atoms with Crippen LogP contribution in [0.4, 0.5) is 0 Å². The Kier molecular flexibility index (Phi) is 5.39. The number of ether oxygens (including phenoxy) is 2. The van der Waals surface area contributed by atoms with Gasteiger partial charge in [-0.25, -0.2) is 0 Å². The summed E-state index contributed by atoms with van der Waals surface area (Å²) in [5.74, 6) is 2.82. The molecule has 0 spiro atoms. The Hall–Kier alpha value is -0.830. The number of methoxy groups -OCH3 is 1. The molecule has 0 radical (unpaired) electrons. The number of benzene rings is 1. The van der Waals surface area contributed by atoms with Crippen LogP contribution in [-0.4, -0.2) is 19.5 Å². The maximum absolute atomic E-state index is 5.89. The Morgan fingerprint density at radius 1 is 1.22 bits per heavy atom. The van der Waals surface area contributed by atoms with Gasteiger partial charge < -0.3 is 9.47 Å². The predicted molar refractivity (Wildman–Crippen MR) is 80.0 cm³/mol. The second kappa shape index (κ2) is 6.37. The fourth-order valence-electron chi connectivity index (χ4n) is 1.66. The van der Waals surface area contributed by atoms with Gasteiger partial charge in [-0.3, -0.25) is 0 Å². The zero-order valence-electron chi connectivity index (χ0n) is 12.0. The first-order valence-electron chi connectivity index (χ1n) is 6.26. The van der Waals surface area contributed by atoms with E-state index in [1.807, 2.05) is 25.1 Å². The van der Waals surface area contributed by atoms with Gasteiger partial charge in [0.2, 0.25) is 0 Å². The molecule has 0 bridgehead atoms. The number of aryl methyl sites for hydroxylation is 1. The first-order valence-corrected chi connectivity index (χ1v) is 6.90. The van der Waals surface area contributed by atoms with Gasteiger partial charge in [0.15, 0.2) is 11.5 Å². The van der Waals surface area contributed by atoms with Crippen LogP contribution in [0.5, 0.6) is 11.5 Å². The summed E-state index contributed by atoms with van der Waals surface area (Å²) in [5.41, 5.74) is 1.36. The van der Waals surface area contributed by atoms with E-state index in [2.05, 4.69) is 33.4 Å². The number of hydrogen-bond donors (Lipinski definition) is 1. The molecule has 0 saturated heterocycles. The molecule has 1 rings (SSSR count). The summed E-state index contributed by atoms with van der Waals surface area (Å²) >= 11 is 4.41. The topological polar surface area (TPSA) is 18.5 Å².